The lowest BCUT2D eigenvalue weighted by atomic mass is 10.2. The van der Waals surface area contributed by atoms with Gasteiger partial charge in [-0.2, -0.15) is 0 Å². The van der Waals surface area contributed by atoms with Crippen LogP contribution in [0.15, 0.2) is 30.3 Å². The second kappa shape index (κ2) is 4.41. The predicted octanol–water partition coefficient (Wildman–Crippen LogP) is 1.92. The summed E-state index contributed by atoms with van der Waals surface area (Å²) in [4.78, 5) is 0. The van der Waals surface area contributed by atoms with Gasteiger partial charge >= 0.3 is 0 Å². The van der Waals surface area contributed by atoms with Crippen LogP contribution in [0.1, 0.15) is 15.6 Å². The molecule has 0 bridgehead atoms. The van der Waals surface area contributed by atoms with E-state index in [4.69, 9.17) is 6.42 Å². The molecular weight excluding hydrogens is 204 g/mol. The number of nitrogens with zero attached hydrogens (tertiary/aromatic N) is 2. The molecule has 0 aliphatic rings. The zero-order valence-electron chi connectivity index (χ0n) is 7.77. The summed E-state index contributed by atoms with van der Waals surface area (Å²) in [5.74, 6) is 8.33. The normalized spacial score (nSPS) is 8.73. The summed E-state index contributed by atoms with van der Waals surface area (Å²) in [7, 11) is 0. The summed E-state index contributed by atoms with van der Waals surface area (Å²) in [6.45, 7) is 0. The lowest BCUT2D eigenvalue weighted by Crippen LogP contribution is -1.74. The van der Waals surface area contributed by atoms with Gasteiger partial charge in [0.15, 0.2) is 10.0 Å². The molecule has 2 nitrogen and oxygen atoms in total. The Hall–Kier alpha value is -2.10. The van der Waals surface area contributed by atoms with Crippen molar-refractivity contribution in [2.75, 3.05) is 0 Å². The van der Waals surface area contributed by atoms with Crippen molar-refractivity contribution >= 4 is 11.3 Å². The van der Waals surface area contributed by atoms with Crippen molar-refractivity contribution in [3.8, 4) is 24.2 Å². The van der Waals surface area contributed by atoms with Gasteiger partial charge in [0.2, 0.25) is 0 Å². The third-order valence-corrected chi connectivity index (χ3v) is 2.41. The van der Waals surface area contributed by atoms with Crippen molar-refractivity contribution in [3.63, 3.8) is 0 Å². The fourth-order valence-corrected chi connectivity index (χ4v) is 1.49. The zero-order chi connectivity index (χ0) is 10.5. The van der Waals surface area contributed by atoms with Gasteiger partial charge < -0.3 is 0 Å². The lowest BCUT2D eigenvalue weighted by molar-refractivity contribution is 1.06. The van der Waals surface area contributed by atoms with Crippen LogP contribution in [0, 0.1) is 24.2 Å². The monoisotopic (exact) mass is 210 g/mol. The van der Waals surface area contributed by atoms with Crippen molar-refractivity contribution < 1.29 is 0 Å². The third-order valence-electron chi connectivity index (χ3n) is 1.64. The second-order valence-corrected chi connectivity index (χ2v) is 3.65. The Morgan fingerprint density at radius 2 is 1.73 bits per heavy atom. The third kappa shape index (κ3) is 2.43. The molecule has 0 saturated carbocycles. The first-order valence-electron chi connectivity index (χ1n) is 4.25. The molecular formula is C12H6N2S. The van der Waals surface area contributed by atoms with Crippen LogP contribution in [0.2, 0.25) is 0 Å². The molecule has 0 radical (unpaired) electrons. The average Bonchev–Trinajstić information content (AvgIpc) is 2.76. The minimum Gasteiger partial charge on any atom is -0.128 e. The molecule has 1 aromatic heterocycles. The standard InChI is InChI=1S/C12H6N2S/c1-2-11-13-14-12(15-11)9-8-10-6-4-3-5-7-10/h1,3-7H. The highest BCUT2D eigenvalue weighted by molar-refractivity contribution is 7.12. The number of terminal acetylenes is 1. The van der Waals surface area contributed by atoms with E-state index >= 15 is 0 Å². The number of aromatic nitrogens is 2. The molecule has 0 aliphatic carbocycles. The van der Waals surface area contributed by atoms with Crippen LogP contribution < -0.4 is 0 Å². The molecule has 0 saturated heterocycles. The fraction of sp³-hybridized carbons (Fsp3) is 0. The first-order valence-corrected chi connectivity index (χ1v) is 5.07. The van der Waals surface area contributed by atoms with Crippen molar-refractivity contribution in [1.82, 2.24) is 10.2 Å². The highest BCUT2D eigenvalue weighted by Crippen LogP contribution is 2.06. The molecule has 0 amide bonds. The van der Waals surface area contributed by atoms with Gasteiger partial charge in [0.05, 0.1) is 0 Å². The molecule has 0 aliphatic heterocycles. The first kappa shape index (κ1) is 9.45. The fourth-order valence-electron chi connectivity index (χ4n) is 0.979. The molecule has 1 heterocycles. The lowest BCUT2D eigenvalue weighted by Gasteiger charge is -1.84. The van der Waals surface area contributed by atoms with E-state index in [1.807, 2.05) is 30.3 Å². The number of hydrogen-bond acceptors (Lipinski definition) is 3. The highest BCUT2D eigenvalue weighted by Gasteiger charge is 1.96. The average molecular weight is 210 g/mol. The predicted molar refractivity (Wildman–Crippen MR) is 60.3 cm³/mol. The zero-order valence-corrected chi connectivity index (χ0v) is 8.58. The highest BCUT2D eigenvalue weighted by atomic mass is 32.1. The Labute approximate surface area is 92.0 Å². The van der Waals surface area contributed by atoms with Crippen LogP contribution in [0.25, 0.3) is 0 Å². The van der Waals surface area contributed by atoms with E-state index in [2.05, 4.69) is 28.0 Å². The van der Waals surface area contributed by atoms with Gasteiger partial charge in [-0.15, -0.1) is 16.6 Å². The maximum absolute atomic E-state index is 5.18. The van der Waals surface area contributed by atoms with Crippen LogP contribution in [0.3, 0.4) is 0 Å². The minimum absolute atomic E-state index is 0.562. The number of benzene rings is 1. The largest absolute Gasteiger partial charge is 0.192 e. The Morgan fingerprint density at radius 3 is 2.40 bits per heavy atom. The molecule has 0 unspecified atom stereocenters. The number of hydrogen-bond donors (Lipinski definition) is 0. The van der Waals surface area contributed by atoms with Crippen molar-refractivity contribution in [2.45, 2.75) is 0 Å². The van der Waals surface area contributed by atoms with E-state index in [0.29, 0.717) is 10.0 Å². The molecule has 3 heteroatoms. The maximum Gasteiger partial charge on any atom is 0.192 e. The van der Waals surface area contributed by atoms with E-state index in [-0.39, 0.29) is 0 Å². The Balaban J connectivity index is 2.23. The van der Waals surface area contributed by atoms with Crippen LogP contribution in [0.5, 0.6) is 0 Å². The Morgan fingerprint density at radius 1 is 1.00 bits per heavy atom. The minimum atomic E-state index is 0.562. The summed E-state index contributed by atoms with van der Waals surface area (Å²) in [5.41, 5.74) is 0.954. The summed E-state index contributed by atoms with van der Waals surface area (Å²) in [5, 5.41) is 8.84. The van der Waals surface area contributed by atoms with Gasteiger partial charge in [-0.1, -0.05) is 35.5 Å². The van der Waals surface area contributed by atoms with Crippen molar-refractivity contribution in [1.29, 1.82) is 0 Å². The van der Waals surface area contributed by atoms with Crippen LogP contribution in [-0.2, 0) is 0 Å². The van der Waals surface area contributed by atoms with E-state index in [1.54, 1.807) is 0 Å². The van der Waals surface area contributed by atoms with E-state index in [1.165, 1.54) is 11.3 Å². The van der Waals surface area contributed by atoms with E-state index in [9.17, 15) is 0 Å². The SMILES string of the molecule is C#Cc1nnc(C#Cc2ccccc2)s1. The molecule has 0 fully saturated rings. The van der Waals surface area contributed by atoms with Gasteiger partial charge in [0.1, 0.15) is 0 Å². The Kier molecular flexibility index (Phi) is 2.78. The van der Waals surface area contributed by atoms with Gasteiger partial charge in [0, 0.05) is 5.56 Å². The topological polar surface area (TPSA) is 25.8 Å². The Bertz CT molecular complexity index is 553. The first-order chi connectivity index (χ1) is 7.38. The smallest absolute Gasteiger partial charge is 0.128 e. The van der Waals surface area contributed by atoms with Crippen LogP contribution >= 0.6 is 11.3 Å². The van der Waals surface area contributed by atoms with Gasteiger partial charge in [-0.3, -0.25) is 0 Å². The molecule has 0 atom stereocenters. The quantitative estimate of drug-likeness (QED) is 0.621. The summed E-state index contributed by atoms with van der Waals surface area (Å²) in [6, 6.07) is 9.72. The van der Waals surface area contributed by atoms with Crippen LogP contribution in [0.4, 0.5) is 0 Å². The van der Waals surface area contributed by atoms with Crippen LogP contribution in [-0.4, -0.2) is 10.2 Å². The van der Waals surface area contributed by atoms with Gasteiger partial charge in [0.25, 0.3) is 0 Å². The van der Waals surface area contributed by atoms with Crippen molar-refractivity contribution in [2.24, 2.45) is 0 Å². The van der Waals surface area contributed by atoms with Gasteiger partial charge in [-0.25, -0.2) is 0 Å². The van der Waals surface area contributed by atoms with E-state index < -0.39 is 0 Å². The summed E-state index contributed by atoms with van der Waals surface area (Å²) < 4.78 is 0. The molecule has 0 N–H and O–H groups in total. The summed E-state index contributed by atoms with van der Waals surface area (Å²) in [6.07, 6.45) is 5.18. The number of rotatable bonds is 0. The van der Waals surface area contributed by atoms with Gasteiger partial charge in [-0.05, 0) is 24.0 Å². The molecule has 15 heavy (non-hydrogen) atoms. The summed E-state index contributed by atoms with van der Waals surface area (Å²) >= 11 is 1.32. The van der Waals surface area contributed by atoms with E-state index in [0.717, 1.165) is 5.56 Å². The molecule has 0 spiro atoms. The molecule has 70 valence electrons. The molecule has 1 aromatic carbocycles. The molecule has 2 aromatic rings. The second-order valence-electron chi connectivity index (χ2n) is 2.67. The maximum atomic E-state index is 5.18. The molecule has 2 rings (SSSR count). The van der Waals surface area contributed by atoms with Crippen molar-refractivity contribution in [3.05, 3.63) is 45.9 Å².